The standard InChI is InChI=1S/C19H24N4O2.HI/c1-23(2)19(22-14-15-8-4-3-5-9-15)21-13-12-20-18(25)16-10-6-7-11-17(16)24;/h3-11,24H,12-14H2,1-2H3,(H,20,25)(H,21,22);1H. The molecule has 0 aliphatic heterocycles. The SMILES string of the molecule is CN(C)C(=NCc1ccccc1)NCCNC(=O)c1ccccc1O.I. The van der Waals surface area contributed by atoms with Crippen molar-refractivity contribution in [1.29, 1.82) is 0 Å². The van der Waals surface area contributed by atoms with Crippen LogP contribution in [0.2, 0.25) is 0 Å². The van der Waals surface area contributed by atoms with E-state index in [1.807, 2.05) is 49.3 Å². The van der Waals surface area contributed by atoms with Gasteiger partial charge in [0.1, 0.15) is 5.75 Å². The number of aromatic hydroxyl groups is 1. The maximum absolute atomic E-state index is 12.0. The number of rotatable bonds is 6. The van der Waals surface area contributed by atoms with Gasteiger partial charge in [-0.3, -0.25) is 4.79 Å². The van der Waals surface area contributed by atoms with E-state index in [0.717, 1.165) is 11.5 Å². The monoisotopic (exact) mass is 468 g/mol. The average molecular weight is 468 g/mol. The maximum Gasteiger partial charge on any atom is 0.255 e. The number of phenols is 1. The van der Waals surface area contributed by atoms with Crippen molar-refractivity contribution < 1.29 is 9.90 Å². The Hall–Kier alpha value is -2.29. The van der Waals surface area contributed by atoms with Gasteiger partial charge < -0.3 is 20.6 Å². The second kappa shape index (κ2) is 11.3. The van der Waals surface area contributed by atoms with Crippen LogP contribution in [-0.4, -0.2) is 49.1 Å². The molecule has 2 aromatic carbocycles. The number of guanidine groups is 1. The maximum atomic E-state index is 12.0. The predicted molar refractivity (Wildman–Crippen MR) is 115 cm³/mol. The van der Waals surface area contributed by atoms with Crippen molar-refractivity contribution >= 4 is 35.8 Å². The number of hydrogen-bond donors (Lipinski definition) is 3. The molecular formula is C19H25IN4O2. The van der Waals surface area contributed by atoms with E-state index in [4.69, 9.17) is 0 Å². The van der Waals surface area contributed by atoms with Gasteiger partial charge in [-0.05, 0) is 17.7 Å². The van der Waals surface area contributed by atoms with E-state index >= 15 is 0 Å². The number of carbonyl (C=O) groups excluding carboxylic acids is 1. The Labute approximate surface area is 171 Å². The van der Waals surface area contributed by atoms with E-state index < -0.39 is 0 Å². The van der Waals surface area contributed by atoms with Gasteiger partial charge in [-0.1, -0.05) is 42.5 Å². The molecule has 0 atom stereocenters. The number of carbonyl (C=O) groups is 1. The zero-order chi connectivity index (χ0) is 18.1. The molecule has 0 radical (unpaired) electrons. The molecule has 0 saturated carbocycles. The van der Waals surface area contributed by atoms with Crippen molar-refractivity contribution in [3.63, 3.8) is 0 Å². The topological polar surface area (TPSA) is 77.0 Å². The van der Waals surface area contributed by atoms with E-state index in [0.29, 0.717) is 19.6 Å². The number of hydrogen-bond acceptors (Lipinski definition) is 3. The van der Waals surface area contributed by atoms with E-state index in [1.54, 1.807) is 18.2 Å². The van der Waals surface area contributed by atoms with Gasteiger partial charge in [-0.2, -0.15) is 0 Å². The Kier molecular flexibility index (Phi) is 9.50. The highest BCUT2D eigenvalue weighted by atomic mass is 127. The lowest BCUT2D eigenvalue weighted by Gasteiger charge is -2.18. The Morgan fingerprint density at radius 1 is 1.00 bits per heavy atom. The van der Waals surface area contributed by atoms with Crippen molar-refractivity contribution in [3.05, 3.63) is 65.7 Å². The number of amides is 1. The highest BCUT2D eigenvalue weighted by molar-refractivity contribution is 14.0. The van der Waals surface area contributed by atoms with Crippen LogP contribution in [0.15, 0.2) is 59.6 Å². The van der Waals surface area contributed by atoms with Crippen LogP contribution in [0.5, 0.6) is 5.75 Å². The highest BCUT2D eigenvalue weighted by Gasteiger charge is 2.09. The molecular weight excluding hydrogens is 443 g/mol. The molecule has 0 fully saturated rings. The lowest BCUT2D eigenvalue weighted by Crippen LogP contribution is -2.41. The van der Waals surface area contributed by atoms with E-state index in [9.17, 15) is 9.90 Å². The summed E-state index contributed by atoms with van der Waals surface area (Å²) in [6, 6.07) is 16.5. The Morgan fingerprint density at radius 2 is 1.62 bits per heavy atom. The number of benzene rings is 2. The number of phenolic OH excluding ortho intramolecular Hbond substituents is 1. The number of aliphatic imine (C=N–C) groups is 1. The number of nitrogens with zero attached hydrogens (tertiary/aromatic N) is 2. The fourth-order valence-corrected chi connectivity index (χ4v) is 2.22. The molecule has 2 rings (SSSR count). The first-order chi connectivity index (χ1) is 12.1. The molecule has 0 heterocycles. The summed E-state index contributed by atoms with van der Waals surface area (Å²) >= 11 is 0. The molecule has 140 valence electrons. The van der Waals surface area contributed by atoms with Gasteiger partial charge in [0.25, 0.3) is 5.91 Å². The summed E-state index contributed by atoms with van der Waals surface area (Å²) in [6.07, 6.45) is 0. The summed E-state index contributed by atoms with van der Waals surface area (Å²) in [5, 5.41) is 15.7. The number of para-hydroxylation sites is 1. The molecule has 0 bridgehead atoms. The zero-order valence-electron chi connectivity index (χ0n) is 15.0. The number of halogens is 1. The minimum atomic E-state index is -0.299. The van der Waals surface area contributed by atoms with Crippen LogP contribution in [0.25, 0.3) is 0 Å². The summed E-state index contributed by atoms with van der Waals surface area (Å²) in [7, 11) is 3.83. The summed E-state index contributed by atoms with van der Waals surface area (Å²) in [4.78, 5) is 18.5. The molecule has 1 amide bonds. The Morgan fingerprint density at radius 3 is 2.27 bits per heavy atom. The molecule has 0 aliphatic rings. The van der Waals surface area contributed by atoms with Crippen LogP contribution < -0.4 is 10.6 Å². The third-order valence-corrected chi connectivity index (χ3v) is 3.52. The Balaban J connectivity index is 0.00000338. The third kappa shape index (κ3) is 6.91. The van der Waals surface area contributed by atoms with Crippen molar-refractivity contribution in [2.45, 2.75) is 6.54 Å². The van der Waals surface area contributed by atoms with Crippen LogP contribution >= 0.6 is 24.0 Å². The van der Waals surface area contributed by atoms with Crippen LogP contribution in [0.3, 0.4) is 0 Å². The molecule has 3 N–H and O–H groups in total. The zero-order valence-corrected chi connectivity index (χ0v) is 17.3. The normalized spacial score (nSPS) is 10.6. The molecule has 0 spiro atoms. The second-order valence-electron chi connectivity index (χ2n) is 5.72. The minimum absolute atomic E-state index is 0. The fraction of sp³-hybridized carbons (Fsp3) is 0.263. The van der Waals surface area contributed by atoms with Gasteiger partial charge in [0.2, 0.25) is 0 Å². The first-order valence-corrected chi connectivity index (χ1v) is 8.13. The molecule has 0 aromatic heterocycles. The van der Waals surface area contributed by atoms with Crippen LogP contribution in [0.1, 0.15) is 15.9 Å². The van der Waals surface area contributed by atoms with Crippen molar-refractivity contribution in [2.75, 3.05) is 27.2 Å². The first kappa shape index (κ1) is 21.8. The molecule has 2 aromatic rings. The summed E-state index contributed by atoms with van der Waals surface area (Å²) in [5.74, 6) is 0.430. The molecule has 6 nitrogen and oxygen atoms in total. The molecule has 0 aliphatic carbocycles. The smallest absolute Gasteiger partial charge is 0.255 e. The molecule has 0 saturated heterocycles. The highest BCUT2D eigenvalue weighted by Crippen LogP contribution is 2.14. The fourth-order valence-electron chi connectivity index (χ4n) is 2.22. The summed E-state index contributed by atoms with van der Waals surface area (Å²) < 4.78 is 0. The van der Waals surface area contributed by atoms with E-state index in [2.05, 4.69) is 15.6 Å². The van der Waals surface area contributed by atoms with Gasteiger partial charge in [-0.25, -0.2) is 4.99 Å². The van der Waals surface area contributed by atoms with Crippen molar-refractivity contribution in [2.24, 2.45) is 4.99 Å². The largest absolute Gasteiger partial charge is 0.507 e. The van der Waals surface area contributed by atoms with Crippen LogP contribution in [0.4, 0.5) is 0 Å². The van der Waals surface area contributed by atoms with Gasteiger partial charge in [0.15, 0.2) is 5.96 Å². The van der Waals surface area contributed by atoms with Gasteiger partial charge in [0, 0.05) is 27.2 Å². The van der Waals surface area contributed by atoms with Crippen LogP contribution in [-0.2, 0) is 6.54 Å². The molecule has 7 heteroatoms. The Bertz CT molecular complexity index is 720. The first-order valence-electron chi connectivity index (χ1n) is 8.13. The molecule has 0 unspecified atom stereocenters. The van der Waals surface area contributed by atoms with E-state index in [-0.39, 0.29) is 41.2 Å². The van der Waals surface area contributed by atoms with Crippen molar-refractivity contribution in [3.8, 4) is 5.75 Å². The van der Waals surface area contributed by atoms with Crippen LogP contribution in [0, 0.1) is 0 Å². The quantitative estimate of drug-likeness (QED) is 0.264. The predicted octanol–water partition coefficient (Wildman–Crippen LogP) is 2.45. The number of nitrogens with one attached hydrogen (secondary N) is 2. The van der Waals surface area contributed by atoms with Crippen molar-refractivity contribution in [1.82, 2.24) is 15.5 Å². The van der Waals surface area contributed by atoms with Gasteiger partial charge in [0.05, 0.1) is 12.1 Å². The summed E-state index contributed by atoms with van der Waals surface area (Å²) in [5.41, 5.74) is 1.41. The second-order valence-corrected chi connectivity index (χ2v) is 5.72. The van der Waals surface area contributed by atoms with Gasteiger partial charge in [-0.15, -0.1) is 24.0 Å². The summed E-state index contributed by atoms with van der Waals surface area (Å²) in [6.45, 7) is 1.54. The average Bonchev–Trinajstić information content (AvgIpc) is 2.61. The van der Waals surface area contributed by atoms with Gasteiger partial charge >= 0.3 is 0 Å². The molecule has 26 heavy (non-hydrogen) atoms. The lowest BCUT2D eigenvalue weighted by atomic mass is 10.2. The minimum Gasteiger partial charge on any atom is -0.507 e. The third-order valence-electron chi connectivity index (χ3n) is 3.52. The lowest BCUT2D eigenvalue weighted by molar-refractivity contribution is 0.0951. The van der Waals surface area contributed by atoms with E-state index in [1.165, 1.54) is 6.07 Å².